The smallest absolute Gasteiger partial charge is 0.136 e. The summed E-state index contributed by atoms with van der Waals surface area (Å²) in [7, 11) is 0. The molecule has 2 heterocycles. The first-order valence-electron chi connectivity index (χ1n) is 5.03. The number of hydrogen-bond donors (Lipinski definition) is 1. The molecular weight excluding hydrogens is 176 g/mol. The molecule has 0 aliphatic carbocycles. The van der Waals surface area contributed by atoms with Crippen LogP contribution >= 0.6 is 0 Å². The maximum atomic E-state index is 12.2. The van der Waals surface area contributed by atoms with E-state index >= 15 is 0 Å². The van der Waals surface area contributed by atoms with Gasteiger partial charge in [-0.25, -0.2) is 5.11 Å². The van der Waals surface area contributed by atoms with E-state index < -0.39 is 6.10 Å². The maximum absolute atomic E-state index is 12.2. The Hall–Kier alpha value is -0.930. The molecule has 1 saturated heterocycles. The van der Waals surface area contributed by atoms with E-state index in [1.807, 2.05) is 19.1 Å². The molecule has 0 aromatic carbocycles. The van der Waals surface area contributed by atoms with Crippen LogP contribution in [0.3, 0.4) is 0 Å². The zero-order valence-electron chi connectivity index (χ0n) is 8.36. The van der Waals surface area contributed by atoms with Gasteiger partial charge in [0.1, 0.15) is 6.10 Å². The molecule has 2 atom stereocenters. The third-order valence-corrected chi connectivity index (χ3v) is 2.99. The van der Waals surface area contributed by atoms with Crippen molar-refractivity contribution < 1.29 is 5.11 Å². The van der Waals surface area contributed by atoms with Gasteiger partial charge >= 0.3 is 0 Å². The van der Waals surface area contributed by atoms with Crippen LogP contribution in [-0.2, 0) is 5.11 Å². The van der Waals surface area contributed by atoms with Crippen LogP contribution in [0, 0.1) is 0 Å². The summed E-state index contributed by atoms with van der Waals surface area (Å²) < 4.78 is 0. The van der Waals surface area contributed by atoms with E-state index in [2.05, 4.69) is 10.3 Å². The van der Waals surface area contributed by atoms with E-state index in [-0.39, 0.29) is 5.54 Å². The third kappa shape index (κ3) is 1.65. The molecule has 75 valence electrons. The minimum atomic E-state index is -0.687. The highest BCUT2D eigenvalue weighted by Crippen LogP contribution is 2.32. The van der Waals surface area contributed by atoms with Crippen LogP contribution in [0.25, 0.3) is 0 Å². The fourth-order valence-electron chi connectivity index (χ4n) is 2.05. The van der Waals surface area contributed by atoms with Gasteiger partial charge in [-0.05, 0) is 44.0 Å². The van der Waals surface area contributed by atoms with Gasteiger partial charge in [0.15, 0.2) is 0 Å². The molecule has 0 amide bonds. The lowest BCUT2D eigenvalue weighted by molar-refractivity contribution is 0.0156. The van der Waals surface area contributed by atoms with Gasteiger partial charge in [0.05, 0.1) is 0 Å². The van der Waals surface area contributed by atoms with Crippen molar-refractivity contribution >= 4 is 0 Å². The molecule has 1 aromatic rings. The average Bonchev–Trinajstić information content (AvgIpc) is 2.67. The Kier molecular flexibility index (Phi) is 2.52. The van der Waals surface area contributed by atoms with Crippen molar-refractivity contribution in [1.82, 2.24) is 10.3 Å². The van der Waals surface area contributed by atoms with E-state index in [4.69, 9.17) is 0 Å². The standard InChI is InChI=1S/C11H15N2O/c1-11(5-2-6-13-11)10(14)9-3-7-12-8-4-9/h3-4,7-8,10,13H,2,5-6H2,1H3/t10?,11-/m1/s1. The summed E-state index contributed by atoms with van der Waals surface area (Å²) in [6.07, 6.45) is 4.73. The first-order valence-corrected chi connectivity index (χ1v) is 5.03. The largest absolute Gasteiger partial charge is 0.309 e. The summed E-state index contributed by atoms with van der Waals surface area (Å²) in [6, 6.07) is 3.62. The first-order chi connectivity index (χ1) is 6.72. The lowest BCUT2D eigenvalue weighted by Crippen LogP contribution is -2.41. The molecule has 0 spiro atoms. The number of aromatic nitrogens is 1. The Morgan fingerprint density at radius 1 is 1.50 bits per heavy atom. The van der Waals surface area contributed by atoms with Crippen LogP contribution in [0.1, 0.15) is 31.4 Å². The summed E-state index contributed by atoms with van der Waals surface area (Å²) in [5.41, 5.74) is 0.554. The van der Waals surface area contributed by atoms with E-state index in [1.165, 1.54) is 0 Å². The summed E-state index contributed by atoms with van der Waals surface area (Å²) in [4.78, 5) is 3.92. The number of hydrogen-bond acceptors (Lipinski definition) is 2. The van der Waals surface area contributed by atoms with Crippen molar-refractivity contribution in [3.63, 3.8) is 0 Å². The van der Waals surface area contributed by atoms with Gasteiger partial charge in [-0.2, -0.15) is 0 Å². The van der Waals surface area contributed by atoms with Crippen molar-refractivity contribution in [3.05, 3.63) is 30.1 Å². The summed E-state index contributed by atoms with van der Waals surface area (Å²) in [5.74, 6) is 0. The van der Waals surface area contributed by atoms with Crippen molar-refractivity contribution in [3.8, 4) is 0 Å². The second kappa shape index (κ2) is 3.67. The van der Waals surface area contributed by atoms with Gasteiger partial charge < -0.3 is 5.32 Å². The van der Waals surface area contributed by atoms with Crippen LogP contribution in [0.4, 0.5) is 0 Å². The van der Waals surface area contributed by atoms with Crippen molar-refractivity contribution in [2.24, 2.45) is 0 Å². The summed E-state index contributed by atoms with van der Waals surface area (Å²) >= 11 is 0. The van der Waals surface area contributed by atoms with Gasteiger partial charge in [-0.1, -0.05) is 0 Å². The Balaban J connectivity index is 2.19. The van der Waals surface area contributed by atoms with Crippen LogP contribution in [0.5, 0.6) is 0 Å². The molecule has 3 nitrogen and oxygen atoms in total. The normalized spacial score (nSPS) is 29.0. The lowest BCUT2D eigenvalue weighted by atomic mass is 9.88. The predicted molar refractivity (Wildman–Crippen MR) is 53.3 cm³/mol. The lowest BCUT2D eigenvalue weighted by Gasteiger charge is -2.28. The Morgan fingerprint density at radius 3 is 2.79 bits per heavy atom. The zero-order valence-corrected chi connectivity index (χ0v) is 8.36. The molecule has 1 radical (unpaired) electrons. The second-order valence-corrected chi connectivity index (χ2v) is 4.11. The molecule has 1 N–H and O–H groups in total. The summed E-state index contributed by atoms with van der Waals surface area (Å²) in [5, 5.41) is 15.5. The highest BCUT2D eigenvalue weighted by Gasteiger charge is 2.37. The van der Waals surface area contributed by atoms with Crippen LogP contribution in [0.2, 0.25) is 0 Å². The number of rotatable bonds is 2. The third-order valence-electron chi connectivity index (χ3n) is 2.99. The topological polar surface area (TPSA) is 44.8 Å². The Morgan fingerprint density at radius 2 is 2.21 bits per heavy atom. The Bertz CT molecular complexity index is 293. The van der Waals surface area contributed by atoms with E-state index in [9.17, 15) is 5.11 Å². The second-order valence-electron chi connectivity index (χ2n) is 4.11. The molecule has 1 aliphatic heterocycles. The average molecular weight is 191 g/mol. The quantitative estimate of drug-likeness (QED) is 0.773. The predicted octanol–water partition coefficient (Wildman–Crippen LogP) is 1.70. The minimum absolute atomic E-state index is 0.276. The molecule has 1 fully saturated rings. The molecule has 1 aromatic heterocycles. The molecule has 1 aliphatic rings. The molecule has 1 unspecified atom stereocenters. The van der Waals surface area contributed by atoms with Gasteiger partial charge in [0, 0.05) is 17.9 Å². The first kappa shape index (κ1) is 9.62. The van der Waals surface area contributed by atoms with Crippen molar-refractivity contribution in [1.29, 1.82) is 0 Å². The van der Waals surface area contributed by atoms with Crippen LogP contribution in [-0.4, -0.2) is 17.1 Å². The SMILES string of the molecule is C[C@]1(C([O])c2ccncc2)CCCN1. The van der Waals surface area contributed by atoms with E-state index in [0.717, 1.165) is 24.9 Å². The fourth-order valence-corrected chi connectivity index (χ4v) is 2.05. The highest BCUT2D eigenvalue weighted by molar-refractivity contribution is 5.18. The van der Waals surface area contributed by atoms with Gasteiger partial charge in [-0.15, -0.1) is 0 Å². The number of pyridine rings is 1. The summed E-state index contributed by atoms with van der Waals surface area (Å²) in [6.45, 7) is 2.97. The van der Waals surface area contributed by atoms with E-state index in [1.54, 1.807) is 12.4 Å². The molecule has 14 heavy (non-hydrogen) atoms. The zero-order chi connectivity index (χ0) is 10.0. The minimum Gasteiger partial charge on any atom is -0.309 e. The molecular formula is C11H15N2O. The van der Waals surface area contributed by atoms with Gasteiger partial charge in [-0.3, -0.25) is 4.98 Å². The monoisotopic (exact) mass is 191 g/mol. The fraction of sp³-hybridized carbons (Fsp3) is 0.545. The number of nitrogens with zero attached hydrogens (tertiary/aromatic N) is 1. The highest BCUT2D eigenvalue weighted by atomic mass is 16.3. The molecule has 0 saturated carbocycles. The molecule has 3 heteroatoms. The van der Waals surface area contributed by atoms with Crippen molar-refractivity contribution in [2.45, 2.75) is 31.4 Å². The van der Waals surface area contributed by atoms with Crippen LogP contribution in [0.15, 0.2) is 24.5 Å². The van der Waals surface area contributed by atoms with Crippen LogP contribution < -0.4 is 5.32 Å². The maximum Gasteiger partial charge on any atom is 0.136 e. The molecule has 2 rings (SSSR count). The van der Waals surface area contributed by atoms with Crippen molar-refractivity contribution in [2.75, 3.05) is 6.54 Å². The van der Waals surface area contributed by atoms with Gasteiger partial charge in [0.25, 0.3) is 0 Å². The Labute approximate surface area is 84.2 Å². The van der Waals surface area contributed by atoms with Gasteiger partial charge in [0.2, 0.25) is 0 Å². The number of nitrogens with one attached hydrogen (secondary N) is 1. The molecule has 0 bridgehead atoms. The van der Waals surface area contributed by atoms with E-state index in [0.29, 0.717) is 0 Å².